The molecular weight excluding hydrogens is 345 g/mol. The highest BCUT2D eigenvalue weighted by atomic mass is 19.1. The molecule has 26 heavy (non-hydrogen) atoms. The van der Waals surface area contributed by atoms with E-state index in [2.05, 4.69) is 0 Å². The van der Waals surface area contributed by atoms with Crippen LogP contribution in [0.3, 0.4) is 0 Å². The monoisotopic (exact) mass is 371 g/mol. The van der Waals surface area contributed by atoms with Crippen LogP contribution in [0.2, 0.25) is 0 Å². The Morgan fingerprint density at radius 1 is 1.27 bits per heavy atom. The SMILES string of the molecule is CC1=C[C@H]2CN(C(=O)N2O[C@H](F)C(=O)OC(C(C)C)C(C)C)[C@@H]1C(N)=O. The zero-order valence-corrected chi connectivity index (χ0v) is 15.6. The average Bonchev–Trinajstić information content (AvgIpc) is 2.76. The number of halogens is 1. The molecule has 8 nitrogen and oxygen atoms in total. The second-order valence-corrected chi connectivity index (χ2v) is 7.35. The van der Waals surface area contributed by atoms with Crippen LogP contribution in [0.25, 0.3) is 0 Å². The molecule has 2 aliphatic rings. The molecule has 3 atom stereocenters. The number of primary amides is 1. The lowest BCUT2D eigenvalue weighted by molar-refractivity contribution is -0.228. The molecule has 0 aliphatic carbocycles. The van der Waals surface area contributed by atoms with Crippen LogP contribution in [0.4, 0.5) is 9.18 Å². The van der Waals surface area contributed by atoms with Crippen molar-refractivity contribution in [1.82, 2.24) is 9.96 Å². The lowest BCUT2D eigenvalue weighted by atomic mass is 9.96. The van der Waals surface area contributed by atoms with Gasteiger partial charge in [-0.3, -0.25) is 4.79 Å². The van der Waals surface area contributed by atoms with Gasteiger partial charge in [-0.25, -0.2) is 18.8 Å². The topological polar surface area (TPSA) is 102 Å². The zero-order valence-electron chi connectivity index (χ0n) is 15.6. The van der Waals surface area contributed by atoms with Crippen molar-refractivity contribution in [2.75, 3.05) is 6.54 Å². The summed E-state index contributed by atoms with van der Waals surface area (Å²) >= 11 is 0. The van der Waals surface area contributed by atoms with Crippen molar-refractivity contribution in [2.24, 2.45) is 17.6 Å². The highest BCUT2D eigenvalue weighted by Gasteiger charge is 2.48. The van der Waals surface area contributed by atoms with Crippen molar-refractivity contribution < 1.29 is 28.3 Å². The number of rotatable bonds is 7. The predicted octanol–water partition coefficient (Wildman–Crippen LogP) is 1.36. The molecular formula is C17H26FN3O5. The summed E-state index contributed by atoms with van der Waals surface area (Å²) in [5.41, 5.74) is 5.90. The molecule has 2 N–H and O–H groups in total. The third kappa shape index (κ3) is 3.82. The number of nitrogens with two attached hydrogens (primary N) is 1. The first-order valence-corrected chi connectivity index (χ1v) is 8.63. The normalized spacial score (nSPS) is 23.7. The molecule has 3 amide bonds. The van der Waals surface area contributed by atoms with Gasteiger partial charge in [0.05, 0.1) is 12.6 Å². The minimum Gasteiger partial charge on any atom is -0.458 e. The highest BCUT2D eigenvalue weighted by molar-refractivity contribution is 5.90. The van der Waals surface area contributed by atoms with Gasteiger partial charge in [-0.1, -0.05) is 33.8 Å². The molecule has 0 saturated carbocycles. The highest BCUT2D eigenvalue weighted by Crippen LogP contribution is 2.30. The van der Waals surface area contributed by atoms with Gasteiger partial charge in [0.2, 0.25) is 5.91 Å². The van der Waals surface area contributed by atoms with Crippen LogP contribution in [0.15, 0.2) is 11.6 Å². The van der Waals surface area contributed by atoms with E-state index in [4.69, 9.17) is 15.3 Å². The van der Waals surface area contributed by atoms with E-state index in [9.17, 15) is 18.8 Å². The number of urea groups is 1. The van der Waals surface area contributed by atoms with Crippen LogP contribution in [-0.4, -0.2) is 59.0 Å². The van der Waals surface area contributed by atoms with Crippen LogP contribution >= 0.6 is 0 Å². The Morgan fingerprint density at radius 3 is 2.35 bits per heavy atom. The van der Waals surface area contributed by atoms with Crippen molar-refractivity contribution >= 4 is 17.9 Å². The number of fused-ring (bicyclic) bond motifs is 2. The number of esters is 1. The fourth-order valence-electron chi connectivity index (χ4n) is 3.47. The maximum Gasteiger partial charge on any atom is 0.371 e. The smallest absolute Gasteiger partial charge is 0.371 e. The van der Waals surface area contributed by atoms with E-state index in [1.165, 1.54) is 4.90 Å². The summed E-state index contributed by atoms with van der Waals surface area (Å²) in [7, 11) is 0. The molecule has 0 aromatic rings. The number of hydroxylamine groups is 2. The summed E-state index contributed by atoms with van der Waals surface area (Å²) < 4.78 is 19.5. The Morgan fingerprint density at radius 2 is 1.85 bits per heavy atom. The molecule has 0 spiro atoms. The van der Waals surface area contributed by atoms with Crippen LogP contribution in [0, 0.1) is 11.8 Å². The van der Waals surface area contributed by atoms with Gasteiger partial charge in [0, 0.05) is 0 Å². The fraction of sp³-hybridized carbons (Fsp3) is 0.706. The zero-order chi connectivity index (χ0) is 19.8. The van der Waals surface area contributed by atoms with E-state index in [1.54, 1.807) is 13.0 Å². The molecule has 1 saturated heterocycles. The lowest BCUT2D eigenvalue weighted by Gasteiger charge is -2.27. The first kappa shape index (κ1) is 20.2. The van der Waals surface area contributed by atoms with E-state index in [0.29, 0.717) is 5.57 Å². The Bertz CT molecular complexity index is 614. The van der Waals surface area contributed by atoms with Gasteiger partial charge in [0.1, 0.15) is 12.1 Å². The number of nitrogens with zero attached hydrogens (tertiary/aromatic N) is 2. The van der Waals surface area contributed by atoms with Crippen molar-refractivity contribution in [2.45, 2.75) is 59.2 Å². The van der Waals surface area contributed by atoms with Gasteiger partial charge in [0.15, 0.2) is 0 Å². The Balaban J connectivity index is 2.06. The summed E-state index contributed by atoms with van der Waals surface area (Å²) in [4.78, 5) is 42.1. The average molecular weight is 371 g/mol. The van der Waals surface area contributed by atoms with Crippen LogP contribution in [-0.2, 0) is 19.2 Å². The molecule has 0 radical (unpaired) electrons. The van der Waals surface area contributed by atoms with Crippen molar-refractivity contribution in [3.8, 4) is 0 Å². The molecule has 1 fully saturated rings. The number of hydrogen-bond donors (Lipinski definition) is 1. The summed E-state index contributed by atoms with van der Waals surface area (Å²) in [5.74, 6) is -1.85. The minimum absolute atomic E-state index is 0.00630. The van der Waals surface area contributed by atoms with Gasteiger partial charge in [-0.05, 0) is 24.3 Å². The van der Waals surface area contributed by atoms with E-state index in [-0.39, 0.29) is 18.4 Å². The summed E-state index contributed by atoms with van der Waals surface area (Å²) in [6.07, 6.45) is -1.30. The maximum absolute atomic E-state index is 14.3. The lowest BCUT2D eigenvalue weighted by Crippen LogP contribution is -2.48. The third-order valence-electron chi connectivity index (χ3n) is 4.54. The van der Waals surface area contributed by atoms with Gasteiger partial charge < -0.3 is 15.4 Å². The molecule has 2 aliphatic heterocycles. The van der Waals surface area contributed by atoms with Gasteiger partial charge in [-0.2, -0.15) is 5.06 Å². The van der Waals surface area contributed by atoms with E-state index < -0.39 is 42.5 Å². The van der Waals surface area contributed by atoms with Crippen LogP contribution < -0.4 is 5.73 Å². The third-order valence-corrected chi connectivity index (χ3v) is 4.54. The van der Waals surface area contributed by atoms with Crippen molar-refractivity contribution in [3.05, 3.63) is 11.6 Å². The molecule has 0 aromatic heterocycles. The summed E-state index contributed by atoms with van der Waals surface area (Å²) in [5, 5.41) is 0.762. The van der Waals surface area contributed by atoms with E-state index in [0.717, 1.165) is 5.06 Å². The molecule has 9 heteroatoms. The van der Waals surface area contributed by atoms with Crippen LogP contribution in [0.5, 0.6) is 0 Å². The molecule has 146 valence electrons. The summed E-state index contributed by atoms with van der Waals surface area (Å²) in [6.45, 7) is 9.25. The predicted molar refractivity (Wildman–Crippen MR) is 90.0 cm³/mol. The Kier molecular flexibility index (Phi) is 5.90. The van der Waals surface area contributed by atoms with E-state index >= 15 is 0 Å². The van der Waals surface area contributed by atoms with Gasteiger partial charge in [-0.15, -0.1) is 0 Å². The Hall–Kier alpha value is -2.16. The number of carbonyl (C=O) groups is 3. The minimum atomic E-state index is -2.44. The number of carbonyl (C=O) groups excluding carboxylic acids is 3. The molecule has 2 heterocycles. The first-order valence-electron chi connectivity index (χ1n) is 8.63. The molecule has 0 unspecified atom stereocenters. The Labute approximate surface area is 152 Å². The van der Waals surface area contributed by atoms with Crippen molar-refractivity contribution in [1.29, 1.82) is 0 Å². The van der Waals surface area contributed by atoms with E-state index in [1.807, 2.05) is 27.7 Å². The maximum atomic E-state index is 14.3. The number of amides is 3. The standard InChI is InChI=1S/C17H26FN3O5/c1-8(2)13(9(3)4)25-16(23)14(18)26-21-11-6-10(5)12(15(19)22)20(7-11)17(21)24/h6,8-9,11-14H,7H2,1-5H3,(H2,19,22)/t11-,12-,14-/m0/s1. The molecule has 2 bridgehead atoms. The van der Waals surface area contributed by atoms with Crippen molar-refractivity contribution in [3.63, 3.8) is 0 Å². The quantitative estimate of drug-likeness (QED) is 0.538. The second-order valence-electron chi connectivity index (χ2n) is 7.35. The van der Waals surface area contributed by atoms with Gasteiger partial charge in [0.25, 0.3) is 0 Å². The van der Waals surface area contributed by atoms with Crippen LogP contribution in [0.1, 0.15) is 34.6 Å². The van der Waals surface area contributed by atoms with Gasteiger partial charge >= 0.3 is 18.4 Å². The molecule has 0 aromatic carbocycles. The molecule has 2 rings (SSSR count). The second kappa shape index (κ2) is 7.61. The number of alkyl halides is 1. The largest absolute Gasteiger partial charge is 0.458 e. The first-order chi connectivity index (χ1) is 12.0. The number of hydrogen-bond acceptors (Lipinski definition) is 5. The summed E-state index contributed by atoms with van der Waals surface area (Å²) in [6, 6.07) is -2.22. The number of ether oxygens (including phenoxy) is 1. The fourth-order valence-corrected chi connectivity index (χ4v) is 3.47.